The number of carbonyl (C=O) groups excluding carboxylic acids is 1. The number of rotatable bonds is 4. The fourth-order valence-corrected chi connectivity index (χ4v) is 2.53. The number of nitrogens with zero attached hydrogens (tertiary/aromatic N) is 1. The molecule has 130 valence electrons. The number of aliphatic imine (C=N–C) groups is 1. The molecule has 0 aromatic heterocycles. The van der Waals surface area contributed by atoms with Crippen molar-refractivity contribution in [3.8, 4) is 0 Å². The maximum atomic E-state index is 13.1. The van der Waals surface area contributed by atoms with Crippen molar-refractivity contribution >= 4 is 17.6 Å². The van der Waals surface area contributed by atoms with Crippen molar-refractivity contribution in [2.24, 2.45) is 4.99 Å². The molecule has 0 saturated carbocycles. The molecule has 1 aliphatic heterocycles. The van der Waals surface area contributed by atoms with Crippen LogP contribution in [0.15, 0.2) is 59.6 Å². The molecule has 1 heterocycles. The topological polar surface area (TPSA) is 62.7 Å². The van der Waals surface area contributed by atoms with Crippen LogP contribution in [0.5, 0.6) is 0 Å². The van der Waals surface area contributed by atoms with Gasteiger partial charge in [-0.15, -0.1) is 0 Å². The van der Waals surface area contributed by atoms with Crippen LogP contribution >= 0.6 is 0 Å². The number of benzene rings is 2. The molecule has 1 atom stereocenters. The SMILES string of the molecule is O=C(NC(=NC[C@@H]1CCCO1)Nc1ccc(F)cc1)c1ccccc1. The van der Waals surface area contributed by atoms with E-state index in [1.807, 2.05) is 6.07 Å². The molecule has 2 aromatic carbocycles. The van der Waals surface area contributed by atoms with Gasteiger partial charge in [0.05, 0.1) is 12.6 Å². The van der Waals surface area contributed by atoms with Crippen LogP contribution in [0.2, 0.25) is 0 Å². The minimum absolute atomic E-state index is 0.0682. The third-order valence-corrected chi connectivity index (χ3v) is 3.85. The summed E-state index contributed by atoms with van der Waals surface area (Å²) in [5.41, 5.74) is 1.18. The van der Waals surface area contributed by atoms with Crippen molar-refractivity contribution in [3.05, 3.63) is 66.0 Å². The lowest BCUT2D eigenvalue weighted by atomic mass is 10.2. The standard InChI is InChI=1S/C19H20FN3O2/c20-15-8-10-16(11-9-15)22-19(21-13-17-7-4-12-25-17)23-18(24)14-5-2-1-3-6-14/h1-3,5-6,8-11,17H,4,7,12-13H2,(H2,21,22,23,24)/t17-/m0/s1. The normalized spacial score (nSPS) is 17.3. The summed E-state index contributed by atoms with van der Waals surface area (Å²) in [7, 11) is 0. The largest absolute Gasteiger partial charge is 0.376 e. The van der Waals surface area contributed by atoms with E-state index >= 15 is 0 Å². The predicted octanol–water partition coefficient (Wildman–Crippen LogP) is 3.20. The molecule has 2 N–H and O–H groups in total. The quantitative estimate of drug-likeness (QED) is 0.663. The molecular formula is C19H20FN3O2. The van der Waals surface area contributed by atoms with E-state index in [1.165, 1.54) is 12.1 Å². The Balaban J connectivity index is 1.71. The summed E-state index contributed by atoms with van der Waals surface area (Å²) in [5.74, 6) is -0.269. The molecule has 2 aromatic rings. The number of nitrogens with one attached hydrogen (secondary N) is 2. The molecule has 1 aliphatic rings. The molecule has 6 heteroatoms. The number of halogens is 1. The number of guanidine groups is 1. The second-order valence-electron chi connectivity index (χ2n) is 5.78. The van der Waals surface area contributed by atoms with Crippen molar-refractivity contribution < 1.29 is 13.9 Å². The number of anilines is 1. The summed E-state index contributed by atoms with van der Waals surface area (Å²) in [6, 6.07) is 14.8. The summed E-state index contributed by atoms with van der Waals surface area (Å²) >= 11 is 0. The van der Waals surface area contributed by atoms with Crippen molar-refractivity contribution in [2.45, 2.75) is 18.9 Å². The molecule has 0 spiro atoms. The van der Waals surface area contributed by atoms with E-state index in [0.717, 1.165) is 19.4 Å². The summed E-state index contributed by atoms with van der Waals surface area (Å²) in [4.78, 5) is 16.8. The molecule has 1 fully saturated rings. The Morgan fingerprint density at radius 3 is 2.60 bits per heavy atom. The van der Waals surface area contributed by atoms with Crippen molar-refractivity contribution in [1.29, 1.82) is 0 Å². The Labute approximate surface area is 145 Å². The van der Waals surface area contributed by atoms with Crippen LogP contribution in [0.25, 0.3) is 0 Å². The van der Waals surface area contributed by atoms with Gasteiger partial charge >= 0.3 is 0 Å². The Hall–Kier alpha value is -2.73. The third kappa shape index (κ3) is 5.12. The minimum atomic E-state index is -0.322. The minimum Gasteiger partial charge on any atom is -0.376 e. The highest BCUT2D eigenvalue weighted by molar-refractivity contribution is 6.09. The lowest BCUT2D eigenvalue weighted by Crippen LogP contribution is -2.36. The molecule has 1 amide bonds. The monoisotopic (exact) mass is 341 g/mol. The van der Waals surface area contributed by atoms with Gasteiger partial charge in [0.15, 0.2) is 0 Å². The highest BCUT2D eigenvalue weighted by atomic mass is 19.1. The molecule has 1 saturated heterocycles. The van der Waals surface area contributed by atoms with Crippen LogP contribution in [-0.4, -0.2) is 31.1 Å². The van der Waals surface area contributed by atoms with E-state index in [0.29, 0.717) is 23.8 Å². The predicted molar refractivity (Wildman–Crippen MR) is 95.2 cm³/mol. The molecule has 25 heavy (non-hydrogen) atoms. The van der Waals surface area contributed by atoms with Crippen LogP contribution < -0.4 is 10.6 Å². The summed E-state index contributed by atoms with van der Waals surface area (Å²) in [5, 5.41) is 5.80. The van der Waals surface area contributed by atoms with E-state index in [2.05, 4.69) is 15.6 Å². The third-order valence-electron chi connectivity index (χ3n) is 3.85. The number of carbonyl (C=O) groups is 1. The first-order valence-corrected chi connectivity index (χ1v) is 8.26. The molecule has 3 rings (SSSR count). The van der Waals surface area contributed by atoms with Crippen LogP contribution in [0, 0.1) is 5.82 Å². The van der Waals surface area contributed by atoms with E-state index in [1.54, 1.807) is 36.4 Å². The van der Waals surface area contributed by atoms with E-state index in [4.69, 9.17) is 4.74 Å². The van der Waals surface area contributed by atoms with Gasteiger partial charge in [0.1, 0.15) is 5.82 Å². The van der Waals surface area contributed by atoms with Crippen molar-refractivity contribution in [1.82, 2.24) is 5.32 Å². The van der Waals surface area contributed by atoms with Gasteiger partial charge in [-0.2, -0.15) is 0 Å². The van der Waals surface area contributed by atoms with Gasteiger partial charge < -0.3 is 10.1 Å². The maximum absolute atomic E-state index is 13.1. The molecule has 0 radical (unpaired) electrons. The van der Waals surface area contributed by atoms with Crippen LogP contribution in [0.4, 0.5) is 10.1 Å². The Morgan fingerprint density at radius 1 is 1.16 bits per heavy atom. The average Bonchev–Trinajstić information content (AvgIpc) is 3.16. The van der Waals surface area contributed by atoms with Gasteiger partial charge in [0.2, 0.25) is 5.96 Å². The summed E-state index contributed by atoms with van der Waals surface area (Å²) in [6.45, 7) is 1.20. The van der Waals surface area contributed by atoms with Gasteiger partial charge in [0.25, 0.3) is 5.91 Å². The second kappa shape index (κ2) is 8.39. The zero-order valence-electron chi connectivity index (χ0n) is 13.7. The van der Waals surface area contributed by atoms with Gasteiger partial charge in [-0.05, 0) is 49.2 Å². The van der Waals surface area contributed by atoms with E-state index < -0.39 is 0 Å². The fraction of sp³-hybridized carbons (Fsp3) is 0.263. The molecule has 0 aliphatic carbocycles. The second-order valence-corrected chi connectivity index (χ2v) is 5.78. The van der Waals surface area contributed by atoms with Crippen molar-refractivity contribution in [3.63, 3.8) is 0 Å². The van der Waals surface area contributed by atoms with E-state index in [9.17, 15) is 9.18 Å². The van der Waals surface area contributed by atoms with Crippen LogP contribution in [0.3, 0.4) is 0 Å². The zero-order chi connectivity index (χ0) is 17.5. The first-order chi connectivity index (χ1) is 12.2. The van der Waals surface area contributed by atoms with Gasteiger partial charge in [0, 0.05) is 17.9 Å². The average molecular weight is 341 g/mol. The summed E-state index contributed by atoms with van der Waals surface area (Å²) < 4.78 is 18.6. The molecule has 0 bridgehead atoms. The molecule has 5 nitrogen and oxygen atoms in total. The molecular weight excluding hydrogens is 321 g/mol. The lowest BCUT2D eigenvalue weighted by molar-refractivity contribution is 0.0975. The number of hydrogen-bond acceptors (Lipinski definition) is 3. The Morgan fingerprint density at radius 2 is 1.92 bits per heavy atom. The Bertz CT molecular complexity index is 726. The smallest absolute Gasteiger partial charge is 0.257 e. The fourth-order valence-electron chi connectivity index (χ4n) is 2.53. The maximum Gasteiger partial charge on any atom is 0.257 e. The molecule has 0 unspecified atom stereocenters. The highest BCUT2D eigenvalue weighted by Gasteiger charge is 2.16. The van der Waals surface area contributed by atoms with Gasteiger partial charge in [-0.25, -0.2) is 9.38 Å². The van der Waals surface area contributed by atoms with Gasteiger partial charge in [-0.1, -0.05) is 18.2 Å². The number of hydrogen-bond donors (Lipinski definition) is 2. The number of ether oxygens (including phenoxy) is 1. The first kappa shape index (κ1) is 17.1. The van der Waals surface area contributed by atoms with Gasteiger partial charge in [-0.3, -0.25) is 10.1 Å². The van der Waals surface area contributed by atoms with Crippen LogP contribution in [0.1, 0.15) is 23.2 Å². The first-order valence-electron chi connectivity index (χ1n) is 8.26. The van der Waals surface area contributed by atoms with Crippen LogP contribution in [-0.2, 0) is 4.74 Å². The van der Waals surface area contributed by atoms with E-state index in [-0.39, 0.29) is 17.8 Å². The van der Waals surface area contributed by atoms with Crippen molar-refractivity contribution in [2.75, 3.05) is 18.5 Å². The Kier molecular flexibility index (Phi) is 5.74. The summed E-state index contributed by atoms with van der Waals surface area (Å²) in [6.07, 6.45) is 2.05. The highest BCUT2D eigenvalue weighted by Crippen LogP contribution is 2.13. The lowest BCUT2D eigenvalue weighted by Gasteiger charge is -2.13. The zero-order valence-corrected chi connectivity index (χ0v) is 13.7. The number of amides is 1.